The molecular weight excluding hydrogens is 360 g/mol. The molecule has 3 N–H and O–H groups in total. The molecule has 0 radical (unpaired) electrons. The van der Waals surface area contributed by atoms with Crippen molar-refractivity contribution in [2.24, 2.45) is 5.41 Å². The van der Waals surface area contributed by atoms with Crippen LogP contribution in [0.2, 0.25) is 0 Å². The van der Waals surface area contributed by atoms with Gasteiger partial charge >= 0.3 is 5.97 Å². The molecule has 0 saturated heterocycles. The minimum absolute atomic E-state index is 0.0723. The molecular formula is C20H30N4O4. The molecule has 0 spiro atoms. The third kappa shape index (κ3) is 5.11. The van der Waals surface area contributed by atoms with Crippen LogP contribution in [0.25, 0.3) is 0 Å². The Labute approximate surface area is 165 Å². The number of nitrogens with zero attached hydrogens (tertiary/aromatic N) is 2. The van der Waals surface area contributed by atoms with Gasteiger partial charge in [0, 0.05) is 18.8 Å². The van der Waals surface area contributed by atoms with Crippen LogP contribution in [0.5, 0.6) is 0 Å². The van der Waals surface area contributed by atoms with Crippen LogP contribution >= 0.6 is 0 Å². The Kier molecular flexibility index (Phi) is 6.70. The molecule has 8 heteroatoms. The van der Waals surface area contributed by atoms with Gasteiger partial charge in [0.2, 0.25) is 5.91 Å². The Morgan fingerprint density at radius 3 is 2.46 bits per heavy atom. The Bertz CT molecular complexity index is 703. The molecule has 1 aromatic heterocycles. The summed E-state index contributed by atoms with van der Waals surface area (Å²) in [5, 5.41) is 19.5. The van der Waals surface area contributed by atoms with E-state index in [0.29, 0.717) is 18.4 Å². The van der Waals surface area contributed by atoms with Crippen molar-refractivity contribution < 1.29 is 19.5 Å². The third-order valence-electron chi connectivity index (χ3n) is 6.02. The van der Waals surface area contributed by atoms with Gasteiger partial charge in [-0.1, -0.05) is 38.5 Å². The van der Waals surface area contributed by atoms with Gasteiger partial charge in [0.15, 0.2) is 0 Å². The molecule has 2 amide bonds. The van der Waals surface area contributed by atoms with Crippen molar-refractivity contribution in [3.05, 3.63) is 18.0 Å². The maximum Gasteiger partial charge on any atom is 0.311 e. The van der Waals surface area contributed by atoms with E-state index < -0.39 is 11.4 Å². The third-order valence-corrected chi connectivity index (χ3v) is 6.02. The Morgan fingerprint density at radius 2 is 1.79 bits per heavy atom. The first-order chi connectivity index (χ1) is 13.5. The van der Waals surface area contributed by atoms with Crippen LogP contribution in [0.1, 0.15) is 74.6 Å². The van der Waals surface area contributed by atoms with Gasteiger partial charge < -0.3 is 15.7 Å². The van der Waals surface area contributed by atoms with E-state index >= 15 is 0 Å². The molecule has 2 fully saturated rings. The summed E-state index contributed by atoms with van der Waals surface area (Å²) in [6.45, 7) is 0.192. The first-order valence-corrected chi connectivity index (χ1v) is 10.3. The highest BCUT2D eigenvalue weighted by atomic mass is 16.4. The summed E-state index contributed by atoms with van der Waals surface area (Å²) in [5.74, 6) is -1.30. The van der Waals surface area contributed by atoms with Gasteiger partial charge in [-0.3, -0.25) is 19.1 Å². The van der Waals surface area contributed by atoms with E-state index in [2.05, 4.69) is 15.7 Å². The van der Waals surface area contributed by atoms with E-state index in [4.69, 9.17) is 0 Å². The molecule has 8 nitrogen and oxygen atoms in total. The van der Waals surface area contributed by atoms with Gasteiger partial charge in [-0.25, -0.2) is 0 Å². The topological polar surface area (TPSA) is 113 Å². The minimum atomic E-state index is -0.871. The number of amides is 2. The zero-order valence-electron chi connectivity index (χ0n) is 16.3. The van der Waals surface area contributed by atoms with Crippen LogP contribution in [0.4, 0.5) is 0 Å². The number of hydrogen-bond acceptors (Lipinski definition) is 4. The normalized spacial score (nSPS) is 19.7. The average molecular weight is 390 g/mol. The fourth-order valence-electron chi connectivity index (χ4n) is 4.28. The number of rotatable bonds is 7. The molecule has 0 atom stereocenters. The van der Waals surface area contributed by atoms with Crippen LogP contribution in [0.15, 0.2) is 12.4 Å². The standard InChI is InChI=1S/C20H30N4O4/c25-17(23-16-7-3-1-4-8-16)13-24-12-15(11-22-24)18(26)21-14-20(19(27)28)9-5-2-6-10-20/h11-12,16H,1-10,13-14H2,(H,21,26)(H,23,25)(H,27,28). The molecule has 1 heterocycles. The molecule has 2 aliphatic rings. The highest BCUT2D eigenvalue weighted by Crippen LogP contribution is 2.36. The van der Waals surface area contributed by atoms with Crippen molar-refractivity contribution in [1.82, 2.24) is 20.4 Å². The predicted octanol–water partition coefficient (Wildman–Crippen LogP) is 2.10. The van der Waals surface area contributed by atoms with E-state index in [9.17, 15) is 19.5 Å². The predicted molar refractivity (Wildman–Crippen MR) is 103 cm³/mol. The van der Waals surface area contributed by atoms with Crippen LogP contribution in [0.3, 0.4) is 0 Å². The summed E-state index contributed by atoms with van der Waals surface area (Å²) in [5.41, 5.74) is -0.536. The summed E-state index contributed by atoms with van der Waals surface area (Å²) in [6.07, 6.45) is 12.5. The summed E-state index contributed by atoms with van der Waals surface area (Å²) < 4.78 is 1.45. The second kappa shape index (κ2) is 9.21. The lowest BCUT2D eigenvalue weighted by Gasteiger charge is -2.33. The summed E-state index contributed by atoms with van der Waals surface area (Å²) in [4.78, 5) is 36.3. The smallest absolute Gasteiger partial charge is 0.311 e. The Hall–Kier alpha value is -2.38. The van der Waals surface area contributed by atoms with Crippen LogP contribution in [-0.2, 0) is 16.1 Å². The monoisotopic (exact) mass is 390 g/mol. The lowest BCUT2D eigenvalue weighted by Crippen LogP contribution is -2.44. The number of carboxylic acid groups (broad SMARTS) is 1. The van der Waals surface area contributed by atoms with Gasteiger partial charge in [-0.05, 0) is 25.7 Å². The van der Waals surface area contributed by atoms with Gasteiger partial charge in [-0.15, -0.1) is 0 Å². The van der Waals surface area contributed by atoms with Gasteiger partial charge in [0.25, 0.3) is 5.91 Å². The zero-order valence-corrected chi connectivity index (χ0v) is 16.3. The van der Waals surface area contributed by atoms with E-state index in [1.165, 1.54) is 23.5 Å². The number of carbonyl (C=O) groups is 3. The number of aliphatic carboxylic acids is 1. The number of nitrogens with one attached hydrogen (secondary N) is 2. The Balaban J connectivity index is 1.50. The number of hydrogen-bond donors (Lipinski definition) is 3. The highest BCUT2D eigenvalue weighted by molar-refractivity contribution is 5.94. The van der Waals surface area contributed by atoms with Gasteiger partial charge in [0.05, 0.1) is 17.2 Å². The maximum absolute atomic E-state index is 12.4. The highest BCUT2D eigenvalue weighted by Gasteiger charge is 2.39. The molecule has 0 unspecified atom stereocenters. The Morgan fingerprint density at radius 1 is 1.11 bits per heavy atom. The van der Waals surface area contributed by atoms with E-state index in [1.807, 2.05) is 0 Å². The van der Waals surface area contributed by atoms with Crippen LogP contribution in [-0.4, -0.2) is 45.3 Å². The molecule has 0 aliphatic heterocycles. The molecule has 0 bridgehead atoms. The molecule has 0 aromatic carbocycles. The van der Waals surface area contributed by atoms with E-state index in [-0.39, 0.29) is 30.9 Å². The first kappa shape index (κ1) is 20.4. The van der Waals surface area contributed by atoms with E-state index in [0.717, 1.165) is 44.9 Å². The fourth-order valence-corrected chi connectivity index (χ4v) is 4.28. The molecule has 154 valence electrons. The van der Waals surface area contributed by atoms with Crippen molar-refractivity contribution in [3.63, 3.8) is 0 Å². The molecule has 1 aromatic rings. The average Bonchev–Trinajstić information content (AvgIpc) is 3.16. The second-order valence-corrected chi connectivity index (χ2v) is 8.16. The number of aromatic nitrogens is 2. The molecule has 2 saturated carbocycles. The zero-order chi connectivity index (χ0) is 20.0. The minimum Gasteiger partial charge on any atom is -0.481 e. The summed E-state index contributed by atoms with van der Waals surface area (Å²) >= 11 is 0. The van der Waals surface area contributed by atoms with Gasteiger partial charge in [0.1, 0.15) is 6.54 Å². The van der Waals surface area contributed by atoms with Crippen molar-refractivity contribution in [3.8, 4) is 0 Å². The van der Waals surface area contributed by atoms with Crippen molar-refractivity contribution in [2.45, 2.75) is 76.8 Å². The number of carbonyl (C=O) groups excluding carboxylic acids is 2. The van der Waals surface area contributed by atoms with Crippen molar-refractivity contribution in [2.75, 3.05) is 6.54 Å². The van der Waals surface area contributed by atoms with E-state index in [1.54, 1.807) is 0 Å². The van der Waals surface area contributed by atoms with Crippen LogP contribution < -0.4 is 10.6 Å². The summed E-state index contributed by atoms with van der Waals surface area (Å²) in [6, 6.07) is 0.238. The second-order valence-electron chi connectivity index (χ2n) is 8.16. The van der Waals surface area contributed by atoms with Crippen molar-refractivity contribution >= 4 is 17.8 Å². The molecule has 28 heavy (non-hydrogen) atoms. The fraction of sp³-hybridized carbons (Fsp3) is 0.700. The van der Waals surface area contributed by atoms with Crippen LogP contribution in [0, 0.1) is 5.41 Å². The molecule has 2 aliphatic carbocycles. The van der Waals surface area contributed by atoms with Gasteiger partial charge in [-0.2, -0.15) is 5.10 Å². The first-order valence-electron chi connectivity index (χ1n) is 10.3. The lowest BCUT2D eigenvalue weighted by molar-refractivity contribution is -0.150. The number of carboxylic acids is 1. The molecule has 3 rings (SSSR count). The maximum atomic E-state index is 12.4. The largest absolute Gasteiger partial charge is 0.481 e. The lowest BCUT2D eigenvalue weighted by atomic mass is 9.74. The SMILES string of the molecule is O=C(Cn1cc(C(=O)NCC2(C(=O)O)CCCCC2)cn1)NC1CCCCC1. The van der Waals surface area contributed by atoms with Crippen molar-refractivity contribution in [1.29, 1.82) is 0 Å². The quantitative estimate of drug-likeness (QED) is 0.660. The summed E-state index contributed by atoms with van der Waals surface area (Å²) in [7, 11) is 0.